The quantitative estimate of drug-likeness (QED) is 0.247. The van der Waals surface area contributed by atoms with Crippen LogP contribution in [0.5, 0.6) is 0 Å². The summed E-state index contributed by atoms with van der Waals surface area (Å²) in [7, 11) is 0. The van der Waals surface area contributed by atoms with E-state index in [1.807, 2.05) is 0 Å². The Balaban J connectivity index is 2.98. The van der Waals surface area contributed by atoms with Crippen LogP contribution in [-0.2, 0) is 14.3 Å². The Morgan fingerprint density at radius 2 is 1.94 bits per heavy atom. The van der Waals surface area contributed by atoms with Gasteiger partial charge < -0.3 is 10.3 Å². The Hall–Kier alpha value is -2.26. The monoisotopic (exact) mass is 218 g/mol. The van der Waals surface area contributed by atoms with Crippen molar-refractivity contribution in [2.24, 2.45) is 0 Å². The zero-order valence-corrected chi connectivity index (χ0v) is 8.71. The molecule has 0 heterocycles. The average Bonchev–Trinajstić information content (AvgIpc) is 2.31. The van der Waals surface area contributed by atoms with Crippen LogP contribution in [-0.4, -0.2) is 28.9 Å². The van der Waals surface area contributed by atoms with E-state index in [-0.39, 0.29) is 12.3 Å². The summed E-state index contributed by atoms with van der Waals surface area (Å²) in [5, 5.41) is 0. The van der Waals surface area contributed by atoms with Gasteiger partial charge in [-0.05, 0) is 19.1 Å². The number of Topliss-reactive ketones (excluding diaryl/α,β-unsaturated/α-hetero) is 1. The van der Waals surface area contributed by atoms with Crippen molar-refractivity contribution in [3.8, 4) is 0 Å². The molecule has 82 valence electrons. The second-order valence-corrected chi connectivity index (χ2v) is 2.86. The zero-order valence-electron chi connectivity index (χ0n) is 8.71. The van der Waals surface area contributed by atoms with Crippen LogP contribution in [0.2, 0.25) is 0 Å². The molecule has 0 aliphatic carbocycles. The molecule has 0 spiro atoms. The summed E-state index contributed by atoms with van der Waals surface area (Å²) in [6.45, 7) is 1.68. The fourth-order valence-electron chi connectivity index (χ4n) is 1.12. The van der Waals surface area contributed by atoms with Crippen molar-refractivity contribution in [2.75, 3.05) is 6.61 Å². The Kier molecular flexibility index (Phi) is 4.12. The highest BCUT2D eigenvalue weighted by Crippen LogP contribution is 2.01. The Morgan fingerprint density at radius 3 is 2.44 bits per heavy atom. The van der Waals surface area contributed by atoms with E-state index in [0.29, 0.717) is 5.56 Å². The Bertz CT molecular complexity index is 448. The molecule has 5 heteroatoms. The highest BCUT2D eigenvalue weighted by Gasteiger charge is 2.30. The lowest BCUT2D eigenvalue weighted by Gasteiger charge is -1.97. The maximum absolute atomic E-state index is 11.5. The van der Waals surface area contributed by atoms with Gasteiger partial charge in [-0.3, -0.25) is 4.79 Å². The number of hydrogen-bond acceptors (Lipinski definition) is 3. The van der Waals surface area contributed by atoms with Crippen LogP contribution in [0.3, 0.4) is 0 Å². The van der Waals surface area contributed by atoms with Crippen molar-refractivity contribution in [3.05, 3.63) is 41.4 Å². The molecule has 16 heavy (non-hydrogen) atoms. The molecule has 1 rings (SSSR count). The van der Waals surface area contributed by atoms with E-state index >= 15 is 0 Å². The van der Waals surface area contributed by atoms with Gasteiger partial charge in [-0.1, -0.05) is 18.2 Å². The molecule has 0 aliphatic rings. The molecule has 0 unspecified atom stereocenters. The predicted octanol–water partition coefficient (Wildman–Crippen LogP) is 0.838. The van der Waals surface area contributed by atoms with Crippen LogP contribution in [0.4, 0.5) is 0 Å². The maximum atomic E-state index is 11.5. The highest BCUT2D eigenvalue weighted by atomic mass is 16.5. The van der Waals surface area contributed by atoms with E-state index in [1.165, 1.54) is 0 Å². The van der Waals surface area contributed by atoms with Gasteiger partial charge in [0.1, 0.15) is 0 Å². The minimum Gasteiger partial charge on any atom is -0.460 e. The molecular weight excluding hydrogens is 208 g/mol. The molecule has 0 aromatic heterocycles. The summed E-state index contributed by atoms with van der Waals surface area (Å²) in [5.74, 6) is -1.99. The summed E-state index contributed by atoms with van der Waals surface area (Å²) in [4.78, 5) is 25.5. The van der Waals surface area contributed by atoms with Crippen LogP contribution < -0.4 is 0 Å². The molecule has 0 saturated carbocycles. The van der Waals surface area contributed by atoms with Gasteiger partial charge in [-0.15, -0.1) is 0 Å². The molecule has 0 bridgehead atoms. The van der Waals surface area contributed by atoms with E-state index in [2.05, 4.69) is 9.53 Å². The lowest BCUT2D eigenvalue weighted by atomic mass is 10.1. The number of carbonyl (C=O) groups excluding carboxylic acids is 2. The highest BCUT2D eigenvalue weighted by molar-refractivity contribution is 6.65. The number of ether oxygens (including phenoxy) is 1. The largest absolute Gasteiger partial charge is 0.460 e. The van der Waals surface area contributed by atoms with E-state index in [0.717, 1.165) is 0 Å². The van der Waals surface area contributed by atoms with Crippen LogP contribution in [0.15, 0.2) is 30.3 Å². The summed E-state index contributed by atoms with van der Waals surface area (Å²) in [6.07, 6.45) is 0. The second-order valence-electron chi connectivity index (χ2n) is 2.86. The lowest BCUT2D eigenvalue weighted by molar-refractivity contribution is -0.151. The fraction of sp³-hybridized carbons (Fsp3) is 0.182. The van der Waals surface area contributed by atoms with Gasteiger partial charge in [0.05, 0.1) is 12.2 Å². The predicted molar refractivity (Wildman–Crippen MR) is 55.8 cm³/mol. The van der Waals surface area contributed by atoms with E-state index < -0.39 is 11.8 Å². The lowest BCUT2D eigenvalue weighted by Crippen LogP contribution is -2.27. The number of esters is 1. The molecular formula is C11H10N2O3. The van der Waals surface area contributed by atoms with Crippen LogP contribution >= 0.6 is 0 Å². The molecule has 0 atom stereocenters. The summed E-state index contributed by atoms with van der Waals surface area (Å²) in [5.41, 5.74) is 8.77. The molecule has 0 aliphatic heterocycles. The third-order valence-corrected chi connectivity index (χ3v) is 1.82. The van der Waals surface area contributed by atoms with Gasteiger partial charge in [0.15, 0.2) is 0 Å². The Morgan fingerprint density at radius 1 is 1.31 bits per heavy atom. The third kappa shape index (κ3) is 2.62. The zero-order chi connectivity index (χ0) is 12.0. The van der Waals surface area contributed by atoms with Crippen LogP contribution in [0.25, 0.3) is 5.53 Å². The first-order valence-corrected chi connectivity index (χ1v) is 4.69. The van der Waals surface area contributed by atoms with Crippen molar-refractivity contribution >= 4 is 17.5 Å². The number of carbonyl (C=O) groups is 2. The first kappa shape index (κ1) is 11.8. The van der Waals surface area contributed by atoms with Crippen LogP contribution in [0.1, 0.15) is 12.5 Å². The summed E-state index contributed by atoms with van der Waals surface area (Å²) in [6, 6.07) is 8.20. The van der Waals surface area contributed by atoms with Crippen molar-refractivity contribution in [2.45, 2.75) is 6.92 Å². The molecule has 0 N–H and O–H groups in total. The SMILES string of the molecule is CCOC(=O)C(=O)C(=[N+]=[N-])c1ccccc1. The number of rotatable bonds is 4. The molecule has 0 radical (unpaired) electrons. The van der Waals surface area contributed by atoms with Gasteiger partial charge in [-0.25, -0.2) is 4.79 Å². The second kappa shape index (κ2) is 5.58. The molecule has 0 saturated heterocycles. The normalized spacial score (nSPS) is 9.06. The van der Waals surface area contributed by atoms with Crippen molar-refractivity contribution in [1.82, 2.24) is 0 Å². The summed E-state index contributed by atoms with van der Waals surface area (Å²) < 4.78 is 4.53. The van der Waals surface area contributed by atoms with Crippen molar-refractivity contribution in [1.29, 1.82) is 0 Å². The number of benzene rings is 1. The van der Waals surface area contributed by atoms with Crippen LogP contribution in [0, 0.1) is 0 Å². The molecule has 0 amide bonds. The van der Waals surface area contributed by atoms with E-state index in [4.69, 9.17) is 5.53 Å². The number of hydrogen-bond donors (Lipinski definition) is 0. The van der Waals surface area contributed by atoms with Gasteiger partial charge in [0.25, 0.3) is 0 Å². The van der Waals surface area contributed by atoms with E-state index in [1.54, 1.807) is 37.3 Å². The van der Waals surface area contributed by atoms with Gasteiger partial charge in [-0.2, -0.15) is 4.79 Å². The first-order chi connectivity index (χ1) is 7.70. The smallest absolute Gasteiger partial charge is 0.387 e. The molecule has 1 aromatic rings. The van der Waals surface area contributed by atoms with Gasteiger partial charge >= 0.3 is 17.5 Å². The average molecular weight is 218 g/mol. The van der Waals surface area contributed by atoms with E-state index in [9.17, 15) is 9.59 Å². The van der Waals surface area contributed by atoms with Gasteiger partial charge in [0.2, 0.25) is 0 Å². The minimum absolute atomic E-state index is 0.0953. The molecule has 1 aromatic carbocycles. The fourth-order valence-corrected chi connectivity index (χ4v) is 1.12. The first-order valence-electron chi connectivity index (χ1n) is 4.69. The molecule has 5 nitrogen and oxygen atoms in total. The molecule has 0 fully saturated rings. The maximum Gasteiger partial charge on any atom is 0.387 e. The Labute approximate surface area is 92.3 Å². The third-order valence-electron chi connectivity index (χ3n) is 1.82. The van der Waals surface area contributed by atoms with Gasteiger partial charge in [0, 0.05) is 0 Å². The summed E-state index contributed by atoms with van der Waals surface area (Å²) >= 11 is 0. The standard InChI is InChI=1S/C11H10N2O3/c1-2-16-11(15)10(14)9(13-12)8-6-4-3-5-7-8/h3-7H,2H2,1H3. The number of ketones is 1. The topological polar surface area (TPSA) is 79.8 Å². The number of nitrogens with zero attached hydrogens (tertiary/aromatic N) is 2. The van der Waals surface area contributed by atoms with Crippen molar-refractivity contribution < 1.29 is 19.1 Å². The van der Waals surface area contributed by atoms with Crippen molar-refractivity contribution in [3.63, 3.8) is 0 Å². The minimum atomic E-state index is -1.03.